The molecule has 1 atom stereocenters. The normalized spacial score (nSPS) is 11.9. The van der Waals surface area contributed by atoms with Crippen molar-refractivity contribution in [3.63, 3.8) is 0 Å². The summed E-state index contributed by atoms with van der Waals surface area (Å²) in [5.41, 5.74) is 1.36. The summed E-state index contributed by atoms with van der Waals surface area (Å²) in [6, 6.07) is 1.70. The maximum Gasteiger partial charge on any atom is 0.253 e. The summed E-state index contributed by atoms with van der Waals surface area (Å²) in [6.07, 6.45) is 3.27. The first-order chi connectivity index (χ1) is 8.69. The molecule has 0 aliphatic heterocycles. The van der Waals surface area contributed by atoms with Crippen LogP contribution in [-0.4, -0.2) is 36.7 Å². The number of hydrogen-bond donors (Lipinski definition) is 2. The van der Waals surface area contributed by atoms with Gasteiger partial charge >= 0.3 is 0 Å². The van der Waals surface area contributed by atoms with Crippen molar-refractivity contribution in [2.24, 2.45) is 0 Å². The zero-order chi connectivity index (χ0) is 13.4. The topological polar surface area (TPSA) is 63.2 Å². The molecule has 0 saturated heterocycles. The standard InChI is InChI=1S/C13H21N3O2/c1-4-15-12-8-14-7-6-11(12)13(17)16-10(3)9-18-5-2/h6-8,10,15H,4-5,9H2,1-3H3,(H,16,17). The minimum Gasteiger partial charge on any atom is -0.383 e. The van der Waals surface area contributed by atoms with Gasteiger partial charge in [-0.1, -0.05) is 0 Å². The molecule has 0 fully saturated rings. The molecule has 0 bridgehead atoms. The number of carbonyl (C=O) groups excluding carboxylic acids is 1. The fourth-order valence-electron chi connectivity index (χ4n) is 1.56. The smallest absolute Gasteiger partial charge is 0.253 e. The highest BCUT2D eigenvalue weighted by Crippen LogP contribution is 2.12. The van der Waals surface area contributed by atoms with E-state index >= 15 is 0 Å². The molecule has 1 amide bonds. The van der Waals surface area contributed by atoms with Crippen molar-refractivity contribution in [2.75, 3.05) is 25.1 Å². The van der Waals surface area contributed by atoms with Crippen molar-refractivity contribution in [3.8, 4) is 0 Å². The predicted octanol–water partition coefficient (Wildman–Crippen LogP) is 1.67. The average Bonchev–Trinajstić information content (AvgIpc) is 2.37. The maximum atomic E-state index is 12.1. The Kier molecular flexibility index (Phi) is 6.14. The number of anilines is 1. The summed E-state index contributed by atoms with van der Waals surface area (Å²) in [5.74, 6) is -0.111. The number of nitrogens with one attached hydrogen (secondary N) is 2. The lowest BCUT2D eigenvalue weighted by Gasteiger charge is -2.15. The molecular formula is C13H21N3O2. The van der Waals surface area contributed by atoms with Gasteiger partial charge in [-0.05, 0) is 26.8 Å². The van der Waals surface area contributed by atoms with E-state index in [0.717, 1.165) is 12.2 Å². The number of nitrogens with zero attached hydrogens (tertiary/aromatic N) is 1. The highest BCUT2D eigenvalue weighted by molar-refractivity contribution is 5.99. The van der Waals surface area contributed by atoms with Gasteiger partial charge in [-0.25, -0.2) is 0 Å². The van der Waals surface area contributed by atoms with E-state index in [0.29, 0.717) is 18.8 Å². The summed E-state index contributed by atoms with van der Waals surface area (Å²) in [4.78, 5) is 16.1. The van der Waals surface area contributed by atoms with E-state index in [1.165, 1.54) is 0 Å². The van der Waals surface area contributed by atoms with E-state index in [9.17, 15) is 4.79 Å². The second kappa shape index (κ2) is 7.66. The van der Waals surface area contributed by atoms with Gasteiger partial charge in [0.1, 0.15) is 0 Å². The summed E-state index contributed by atoms with van der Waals surface area (Å²) in [7, 11) is 0. The monoisotopic (exact) mass is 251 g/mol. The molecule has 1 unspecified atom stereocenters. The van der Waals surface area contributed by atoms with Gasteiger partial charge in [-0.3, -0.25) is 9.78 Å². The number of aromatic nitrogens is 1. The molecule has 0 aromatic carbocycles. The molecule has 0 aliphatic carbocycles. The minimum atomic E-state index is -0.111. The highest BCUT2D eigenvalue weighted by atomic mass is 16.5. The summed E-state index contributed by atoms with van der Waals surface area (Å²) < 4.78 is 5.27. The second-order valence-electron chi connectivity index (χ2n) is 3.99. The van der Waals surface area contributed by atoms with Crippen molar-refractivity contribution in [1.29, 1.82) is 0 Å². The first kappa shape index (κ1) is 14.4. The van der Waals surface area contributed by atoms with Gasteiger partial charge in [0.05, 0.1) is 24.1 Å². The van der Waals surface area contributed by atoms with Crippen LogP contribution in [0.3, 0.4) is 0 Å². The molecule has 5 heteroatoms. The summed E-state index contributed by atoms with van der Waals surface area (Å²) >= 11 is 0. The molecule has 1 aromatic heterocycles. The van der Waals surface area contributed by atoms with Crippen LogP contribution in [0.1, 0.15) is 31.1 Å². The molecule has 0 aliphatic rings. The third kappa shape index (κ3) is 4.33. The fourth-order valence-corrected chi connectivity index (χ4v) is 1.56. The van der Waals surface area contributed by atoms with Gasteiger partial charge in [0.15, 0.2) is 0 Å². The van der Waals surface area contributed by atoms with E-state index in [1.807, 2.05) is 20.8 Å². The van der Waals surface area contributed by atoms with Crippen molar-refractivity contribution >= 4 is 11.6 Å². The zero-order valence-electron chi connectivity index (χ0n) is 11.2. The average molecular weight is 251 g/mol. The Morgan fingerprint density at radius 3 is 2.94 bits per heavy atom. The fraction of sp³-hybridized carbons (Fsp3) is 0.538. The van der Waals surface area contributed by atoms with Gasteiger partial charge in [-0.15, -0.1) is 0 Å². The Morgan fingerprint density at radius 1 is 1.50 bits per heavy atom. The van der Waals surface area contributed by atoms with Crippen LogP contribution >= 0.6 is 0 Å². The third-order valence-corrected chi connectivity index (χ3v) is 2.38. The maximum absolute atomic E-state index is 12.1. The Morgan fingerprint density at radius 2 is 2.28 bits per heavy atom. The number of rotatable bonds is 7. The molecule has 100 valence electrons. The molecule has 0 radical (unpaired) electrons. The number of amides is 1. The molecular weight excluding hydrogens is 230 g/mol. The van der Waals surface area contributed by atoms with Crippen LogP contribution in [0.25, 0.3) is 0 Å². The van der Waals surface area contributed by atoms with Crippen LogP contribution in [0.4, 0.5) is 5.69 Å². The Bertz CT molecular complexity index is 382. The zero-order valence-corrected chi connectivity index (χ0v) is 11.2. The lowest BCUT2D eigenvalue weighted by atomic mass is 10.2. The highest BCUT2D eigenvalue weighted by Gasteiger charge is 2.13. The summed E-state index contributed by atoms with van der Waals surface area (Å²) in [6.45, 7) is 7.75. The van der Waals surface area contributed by atoms with E-state index in [2.05, 4.69) is 15.6 Å². The molecule has 1 rings (SSSR count). The van der Waals surface area contributed by atoms with Crippen LogP contribution in [0, 0.1) is 0 Å². The van der Waals surface area contributed by atoms with E-state index in [-0.39, 0.29) is 11.9 Å². The van der Waals surface area contributed by atoms with Crippen LogP contribution in [0.15, 0.2) is 18.5 Å². The first-order valence-corrected chi connectivity index (χ1v) is 6.25. The van der Waals surface area contributed by atoms with E-state index in [4.69, 9.17) is 4.74 Å². The van der Waals surface area contributed by atoms with Gasteiger partial charge in [0.2, 0.25) is 0 Å². The van der Waals surface area contributed by atoms with E-state index in [1.54, 1.807) is 18.5 Å². The van der Waals surface area contributed by atoms with E-state index < -0.39 is 0 Å². The first-order valence-electron chi connectivity index (χ1n) is 6.25. The number of hydrogen-bond acceptors (Lipinski definition) is 4. The lowest BCUT2D eigenvalue weighted by molar-refractivity contribution is 0.0872. The quantitative estimate of drug-likeness (QED) is 0.773. The molecule has 2 N–H and O–H groups in total. The van der Waals surface area contributed by atoms with Crippen LogP contribution in [-0.2, 0) is 4.74 Å². The molecule has 5 nitrogen and oxygen atoms in total. The minimum absolute atomic E-state index is 0.0138. The lowest BCUT2D eigenvalue weighted by Crippen LogP contribution is -2.36. The largest absolute Gasteiger partial charge is 0.383 e. The van der Waals surface area contributed by atoms with Crippen molar-refractivity contribution in [1.82, 2.24) is 10.3 Å². The van der Waals surface area contributed by atoms with Crippen LogP contribution in [0.5, 0.6) is 0 Å². The second-order valence-corrected chi connectivity index (χ2v) is 3.99. The van der Waals surface area contributed by atoms with Gasteiger partial charge < -0.3 is 15.4 Å². The Balaban J connectivity index is 2.65. The number of carbonyl (C=O) groups is 1. The molecule has 0 spiro atoms. The van der Waals surface area contributed by atoms with Crippen molar-refractivity contribution < 1.29 is 9.53 Å². The van der Waals surface area contributed by atoms with Gasteiger partial charge in [0, 0.05) is 25.4 Å². The Labute approximate surface area is 108 Å². The summed E-state index contributed by atoms with van der Waals surface area (Å²) in [5, 5.41) is 6.02. The molecule has 0 saturated carbocycles. The molecule has 1 heterocycles. The van der Waals surface area contributed by atoms with Crippen molar-refractivity contribution in [3.05, 3.63) is 24.0 Å². The predicted molar refractivity (Wildman–Crippen MR) is 71.8 cm³/mol. The van der Waals surface area contributed by atoms with Gasteiger partial charge in [0.25, 0.3) is 5.91 Å². The van der Waals surface area contributed by atoms with Crippen LogP contribution < -0.4 is 10.6 Å². The molecule has 18 heavy (non-hydrogen) atoms. The number of ether oxygens (including phenoxy) is 1. The third-order valence-electron chi connectivity index (χ3n) is 2.38. The number of pyridine rings is 1. The Hall–Kier alpha value is -1.62. The van der Waals surface area contributed by atoms with Gasteiger partial charge in [-0.2, -0.15) is 0 Å². The van der Waals surface area contributed by atoms with Crippen LogP contribution in [0.2, 0.25) is 0 Å². The molecule has 1 aromatic rings. The van der Waals surface area contributed by atoms with Crippen molar-refractivity contribution in [2.45, 2.75) is 26.8 Å². The SMILES string of the molecule is CCNc1cnccc1C(=O)NC(C)COCC.